The van der Waals surface area contributed by atoms with Crippen molar-refractivity contribution < 1.29 is 0 Å². The highest BCUT2D eigenvalue weighted by Crippen LogP contribution is 2.21. The van der Waals surface area contributed by atoms with Gasteiger partial charge in [-0.05, 0) is 55.7 Å². The first-order chi connectivity index (χ1) is 12.2. The zero-order valence-corrected chi connectivity index (χ0v) is 15.1. The molecule has 25 heavy (non-hydrogen) atoms. The molecule has 0 radical (unpaired) electrons. The minimum Gasteiger partial charge on any atom is -0.368 e. The summed E-state index contributed by atoms with van der Waals surface area (Å²) in [5, 5.41) is 14.7. The topological polar surface area (TPSA) is 62.7 Å². The van der Waals surface area contributed by atoms with Crippen molar-refractivity contribution in [3.8, 4) is 0 Å². The molecule has 0 unspecified atom stereocenters. The van der Waals surface area contributed by atoms with E-state index in [1.807, 2.05) is 12.1 Å². The van der Waals surface area contributed by atoms with Crippen molar-refractivity contribution in [1.82, 2.24) is 15.2 Å². The Kier molecular flexibility index (Phi) is 5.99. The van der Waals surface area contributed by atoms with Gasteiger partial charge in [0, 0.05) is 12.2 Å². The van der Waals surface area contributed by atoms with Crippen LogP contribution in [0.2, 0.25) is 0 Å². The molecule has 2 N–H and O–H groups in total. The van der Waals surface area contributed by atoms with Crippen LogP contribution in [0.3, 0.4) is 0 Å². The third kappa shape index (κ3) is 5.28. The van der Waals surface area contributed by atoms with Crippen LogP contribution in [-0.4, -0.2) is 21.7 Å². The number of aromatic nitrogens is 3. The van der Waals surface area contributed by atoms with Gasteiger partial charge in [0.25, 0.3) is 0 Å². The van der Waals surface area contributed by atoms with Crippen LogP contribution >= 0.6 is 0 Å². The van der Waals surface area contributed by atoms with Crippen molar-refractivity contribution in [3.63, 3.8) is 0 Å². The van der Waals surface area contributed by atoms with Crippen molar-refractivity contribution in [2.45, 2.75) is 51.9 Å². The van der Waals surface area contributed by atoms with Gasteiger partial charge in [-0.15, -0.1) is 5.10 Å². The van der Waals surface area contributed by atoms with Gasteiger partial charge in [-0.1, -0.05) is 37.6 Å². The van der Waals surface area contributed by atoms with Crippen LogP contribution in [0.15, 0.2) is 42.1 Å². The second-order valence-corrected chi connectivity index (χ2v) is 6.85. The van der Waals surface area contributed by atoms with E-state index >= 15 is 0 Å². The highest BCUT2D eigenvalue weighted by atomic mass is 15.3. The molecule has 0 atom stereocenters. The van der Waals surface area contributed by atoms with Crippen molar-refractivity contribution in [2.24, 2.45) is 0 Å². The van der Waals surface area contributed by atoms with Crippen LogP contribution in [-0.2, 0) is 0 Å². The second kappa shape index (κ2) is 8.60. The zero-order chi connectivity index (χ0) is 17.5. The molecule has 0 aliphatic heterocycles. The van der Waals surface area contributed by atoms with Crippen molar-refractivity contribution in [1.29, 1.82) is 0 Å². The first-order valence-corrected chi connectivity index (χ1v) is 9.19. The molecule has 0 saturated heterocycles. The second-order valence-electron chi connectivity index (χ2n) is 6.85. The largest absolute Gasteiger partial charge is 0.368 e. The van der Waals surface area contributed by atoms with Gasteiger partial charge in [-0.25, -0.2) is 0 Å². The number of nitrogens with zero attached hydrogens (tertiary/aromatic N) is 3. The van der Waals surface area contributed by atoms with Gasteiger partial charge in [0.2, 0.25) is 5.95 Å². The van der Waals surface area contributed by atoms with Gasteiger partial charge in [0.05, 0.1) is 6.20 Å². The summed E-state index contributed by atoms with van der Waals surface area (Å²) in [5.41, 5.74) is 3.84. The summed E-state index contributed by atoms with van der Waals surface area (Å²) in [6.07, 6.45) is 10.3. The lowest BCUT2D eigenvalue weighted by atomic mass is 9.97. The first-order valence-electron chi connectivity index (χ1n) is 9.19. The van der Waals surface area contributed by atoms with E-state index < -0.39 is 0 Å². The average molecular weight is 337 g/mol. The van der Waals surface area contributed by atoms with Crippen LogP contribution in [0, 0.1) is 0 Å². The number of hydrogen-bond acceptors (Lipinski definition) is 5. The Morgan fingerprint density at radius 3 is 2.68 bits per heavy atom. The Bertz CT molecular complexity index is 706. The van der Waals surface area contributed by atoms with Gasteiger partial charge >= 0.3 is 0 Å². The molecular formula is C20H27N5. The lowest BCUT2D eigenvalue weighted by Gasteiger charge is -2.13. The lowest BCUT2D eigenvalue weighted by molar-refractivity contribution is 0.679. The van der Waals surface area contributed by atoms with Crippen LogP contribution in [0.25, 0.3) is 0 Å². The number of allylic oxidation sites excluding steroid dienone is 1. The van der Waals surface area contributed by atoms with Crippen LogP contribution < -0.4 is 10.6 Å². The molecule has 2 aromatic rings. The normalized spacial score (nSPS) is 14.3. The Morgan fingerprint density at radius 1 is 1.12 bits per heavy atom. The number of anilines is 3. The summed E-state index contributed by atoms with van der Waals surface area (Å²) in [4.78, 5) is 4.49. The zero-order valence-electron chi connectivity index (χ0n) is 15.1. The van der Waals surface area contributed by atoms with E-state index in [-0.39, 0.29) is 0 Å². The highest BCUT2D eigenvalue weighted by molar-refractivity contribution is 5.54. The van der Waals surface area contributed by atoms with Crippen LogP contribution in [0.4, 0.5) is 17.5 Å². The number of rotatable bonds is 7. The van der Waals surface area contributed by atoms with E-state index in [1.54, 1.807) is 11.8 Å². The molecule has 132 valence electrons. The molecule has 1 aliphatic rings. The summed E-state index contributed by atoms with van der Waals surface area (Å²) < 4.78 is 0. The SMILES string of the molecule is CC(C)c1ccc(Nc2nncc(NCCC3=CCCCC3)n2)cc1. The third-order valence-electron chi connectivity index (χ3n) is 4.53. The Labute approximate surface area is 150 Å². The predicted octanol–water partition coefficient (Wildman–Crippen LogP) is 5.04. The van der Waals surface area contributed by atoms with Crippen LogP contribution in [0.1, 0.15) is 57.4 Å². The standard InChI is InChI=1S/C20H27N5/c1-15(2)17-8-10-18(11-9-17)23-20-24-19(14-22-25-20)21-13-12-16-6-4-3-5-7-16/h6,8-11,14-15H,3-5,7,12-13H2,1-2H3,(H2,21,23,24,25). The fraction of sp³-hybridized carbons (Fsp3) is 0.450. The molecule has 0 amide bonds. The quantitative estimate of drug-likeness (QED) is 0.693. The molecule has 0 saturated carbocycles. The predicted molar refractivity (Wildman–Crippen MR) is 103 cm³/mol. The minimum absolute atomic E-state index is 0.513. The minimum atomic E-state index is 0.513. The molecule has 0 bridgehead atoms. The summed E-state index contributed by atoms with van der Waals surface area (Å²) in [7, 11) is 0. The molecule has 1 aliphatic carbocycles. The number of nitrogens with one attached hydrogen (secondary N) is 2. The monoisotopic (exact) mass is 337 g/mol. The fourth-order valence-electron chi connectivity index (χ4n) is 3.00. The van der Waals surface area contributed by atoms with Gasteiger partial charge in [-0.3, -0.25) is 0 Å². The van der Waals surface area contributed by atoms with Crippen molar-refractivity contribution in [3.05, 3.63) is 47.7 Å². The highest BCUT2D eigenvalue weighted by Gasteiger charge is 2.05. The lowest BCUT2D eigenvalue weighted by Crippen LogP contribution is -2.08. The van der Waals surface area contributed by atoms with Crippen LogP contribution in [0.5, 0.6) is 0 Å². The Hall–Kier alpha value is -2.43. The van der Waals surface area contributed by atoms with E-state index in [4.69, 9.17) is 0 Å². The summed E-state index contributed by atoms with van der Waals surface area (Å²) in [6, 6.07) is 8.35. The maximum absolute atomic E-state index is 4.49. The maximum Gasteiger partial charge on any atom is 0.249 e. The number of hydrogen-bond donors (Lipinski definition) is 2. The molecule has 5 heteroatoms. The molecule has 0 spiro atoms. The van der Waals surface area contributed by atoms with Gasteiger partial charge < -0.3 is 10.6 Å². The Morgan fingerprint density at radius 2 is 1.96 bits per heavy atom. The maximum atomic E-state index is 4.49. The van der Waals surface area contributed by atoms with Gasteiger partial charge in [0.1, 0.15) is 0 Å². The van der Waals surface area contributed by atoms with E-state index in [0.717, 1.165) is 24.5 Å². The van der Waals surface area contributed by atoms with E-state index in [9.17, 15) is 0 Å². The van der Waals surface area contributed by atoms with Gasteiger partial charge in [0.15, 0.2) is 5.82 Å². The number of benzene rings is 1. The molecule has 3 rings (SSSR count). The van der Waals surface area contributed by atoms with Gasteiger partial charge in [-0.2, -0.15) is 10.1 Å². The molecule has 1 heterocycles. The third-order valence-corrected chi connectivity index (χ3v) is 4.53. The van der Waals surface area contributed by atoms with Crippen molar-refractivity contribution in [2.75, 3.05) is 17.2 Å². The summed E-state index contributed by atoms with van der Waals surface area (Å²) in [5.74, 6) is 1.80. The summed E-state index contributed by atoms with van der Waals surface area (Å²) in [6.45, 7) is 5.26. The van der Waals surface area contributed by atoms with E-state index in [1.165, 1.54) is 31.2 Å². The smallest absolute Gasteiger partial charge is 0.249 e. The summed E-state index contributed by atoms with van der Waals surface area (Å²) >= 11 is 0. The molecular weight excluding hydrogens is 310 g/mol. The first kappa shape index (κ1) is 17.4. The molecule has 0 fully saturated rings. The van der Waals surface area contributed by atoms with E-state index in [2.05, 4.69) is 57.9 Å². The fourth-order valence-corrected chi connectivity index (χ4v) is 3.00. The van der Waals surface area contributed by atoms with Crippen molar-refractivity contribution >= 4 is 17.5 Å². The molecule has 1 aromatic heterocycles. The molecule has 1 aromatic carbocycles. The molecule has 5 nitrogen and oxygen atoms in total. The average Bonchev–Trinajstić information content (AvgIpc) is 2.63. The Balaban J connectivity index is 1.54. The van der Waals surface area contributed by atoms with E-state index in [0.29, 0.717) is 11.9 Å².